The van der Waals surface area contributed by atoms with Crippen molar-refractivity contribution in [3.63, 3.8) is 0 Å². The van der Waals surface area contributed by atoms with Crippen molar-refractivity contribution in [2.45, 2.75) is 50.8 Å². The lowest BCUT2D eigenvalue weighted by atomic mass is 10.1. The fourth-order valence-corrected chi connectivity index (χ4v) is 2.30. The molecule has 0 unspecified atom stereocenters. The molecule has 0 aliphatic carbocycles. The fourth-order valence-electron chi connectivity index (χ4n) is 0.672. The topological polar surface area (TPSA) is 0 Å². The molecule has 0 amide bonds. The van der Waals surface area contributed by atoms with Crippen molar-refractivity contribution in [1.29, 1.82) is 0 Å². The van der Waals surface area contributed by atoms with E-state index in [0.29, 0.717) is 0 Å². The predicted molar refractivity (Wildman–Crippen MR) is 52.7 cm³/mol. The van der Waals surface area contributed by atoms with Crippen LogP contribution < -0.4 is 0 Å². The standard InChI is InChI=1S/C8H19ClSi/c1-8(2,9)6-7-10(3,4)5/h6-7H2,1-5H3. The van der Waals surface area contributed by atoms with Gasteiger partial charge in [-0.05, 0) is 20.3 Å². The highest BCUT2D eigenvalue weighted by Gasteiger charge is 2.19. The SMILES string of the molecule is CC(C)(Cl)CC[Si](C)(C)C. The lowest BCUT2D eigenvalue weighted by molar-refractivity contribution is 0.664. The van der Waals surface area contributed by atoms with Gasteiger partial charge in [0, 0.05) is 12.9 Å². The summed E-state index contributed by atoms with van der Waals surface area (Å²) < 4.78 is 0. The van der Waals surface area contributed by atoms with Crippen LogP contribution in [0.25, 0.3) is 0 Å². The first-order valence-corrected chi connectivity index (χ1v) is 7.98. The van der Waals surface area contributed by atoms with Crippen molar-refractivity contribution >= 4 is 19.7 Å². The van der Waals surface area contributed by atoms with E-state index < -0.39 is 8.07 Å². The third kappa shape index (κ3) is 8.51. The van der Waals surface area contributed by atoms with Crippen molar-refractivity contribution in [2.24, 2.45) is 0 Å². The Kier molecular flexibility index (Phi) is 3.43. The van der Waals surface area contributed by atoms with Crippen LogP contribution in [0.1, 0.15) is 20.3 Å². The molecule has 0 spiro atoms. The van der Waals surface area contributed by atoms with Crippen LogP contribution in [0.3, 0.4) is 0 Å². The summed E-state index contributed by atoms with van der Waals surface area (Å²) in [4.78, 5) is 0.0142. The second-order valence-corrected chi connectivity index (χ2v) is 11.4. The van der Waals surface area contributed by atoms with Crippen LogP contribution in [0.15, 0.2) is 0 Å². The van der Waals surface area contributed by atoms with Crippen molar-refractivity contribution in [1.82, 2.24) is 0 Å². The maximum atomic E-state index is 6.06. The molecular weight excluding hydrogens is 160 g/mol. The van der Waals surface area contributed by atoms with Gasteiger partial charge in [0.2, 0.25) is 0 Å². The third-order valence-electron chi connectivity index (χ3n) is 1.47. The van der Waals surface area contributed by atoms with E-state index in [0.717, 1.165) is 6.42 Å². The lowest BCUT2D eigenvalue weighted by Gasteiger charge is -2.21. The molecule has 0 aromatic heterocycles. The van der Waals surface area contributed by atoms with Gasteiger partial charge >= 0.3 is 0 Å². The molecule has 0 radical (unpaired) electrons. The molecule has 0 rings (SSSR count). The molecule has 0 saturated heterocycles. The molecule has 10 heavy (non-hydrogen) atoms. The van der Waals surface area contributed by atoms with Gasteiger partial charge in [0.1, 0.15) is 0 Å². The number of halogens is 1. The zero-order valence-corrected chi connectivity index (χ0v) is 9.55. The molecule has 0 bridgehead atoms. The second-order valence-electron chi connectivity index (χ2n) is 4.78. The summed E-state index contributed by atoms with van der Waals surface area (Å²) in [6.45, 7) is 11.3. The van der Waals surface area contributed by atoms with Gasteiger partial charge in [-0.25, -0.2) is 0 Å². The number of hydrogen-bond acceptors (Lipinski definition) is 0. The van der Waals surface area contributed by atoms with Crippen molar-refractivity contribution < 1.29 is 0 Å². The quantitative estimate of drug-likeness (QED) is 0.457. The Balaban J connectivity index is 3.56. The Morgan fingerprint density at radius 2 is 1.60 bits per heavy atom. The average Bonchev–Trinajstić information content (AvgIpc) is 1.57. The number of rotatable bonds is 3. The summed E-state index contributed by atoms with van der Waals surface area (Å²) >= 11 is 6.06. The highest BCUT2D eigenvalue weighted by Crippen LogP contribution is 2.24. The van der Waals surface area contributed by atoms with Gasteiger partial charge in [-0.1, -0.05) is 25.7 Å². The van der Waals surface area contributed by atoms with Crippen molar-refractivity contribution in [2.75, 3.05) is 0 Å². The minimum absolute atomic E-state index is 0.0142. The molecule has 0 saturated carbocycles. The Labute approximate surface area is 71.0 Å². The van der Waals surface area contributed by atoms with E-state index in [1.807, 2.05) is 0 Å². The van der Waals surface area contributed by atoms with E-state index >= 15 is 0 Å². The van der Waals surface area contributed by atoms with E-state index in [-0.39, 0.29) is 4.87 Å². The average molecular weight is 179 g/mol. The van der Waals surface area contributed by atoms with Gasteiger partial charge in [0.15, 0.2) is 0 Å². The molecule has 0 aromatic carbocycles. The predicted octanol–water partition coefficient (Wildman–Crippen LogP) is 3.73. The van der Waals surface area contributed by atoms with Crippen LogP contribution in [-0.2, 0) is 0 Å². The minimum Gasteiger partial charge on any atom is -0.120 e. The van der Waals surface area contributed by atoms with Gasteiger partial charge in [-0.3, -0.25) is 0 Å². The Morgan fingerprint density at radius 3 is 1.70 bits per heavy atom. The first kappa shape index (κ1) is 10.5. The molecule has 0 N–H and O–H groups in total. The maximum Gasteiger partial charge on any atom is 0.0443 e. The van der Waals surface area contributed by atoms with Crippen LogP contribution in [0.5, 0.6) is 0 Å². The molecule has 0 aliphatic rings. The monoisotopic (exact) mass is 178 g/mol. The largest absolute Gasteiger partial charge is 0.120 e. The first-order chi connectivity index (χ1) is 4.21. The van der Waals surface area contributed by atoms with E-state index in [1.165, 1.54) is 6.04 Å². The summed E-state index contributed by atoms with van der Waals surface area (Å²) in [5, 5.41) is 0. The minimum atomic E-state index is -0.851. The van der Waals surface area contributed by atoms with Crippen LogP contribution in [0, 0.1) is 0 Å². The van der Waals surface area contributed by atoms with Gasteiger partial charge in [0.25, 0.3) is 0 Å². The highest BCUT2D eigenvalue weighted by molar-refractivity contribution is 6.76. The lowest BCUT2D eigenvalue weighted by Crippen LogP contribution is -2.23. The van der Waals surface area contributed by atoms with Gasteiger partial charge in [-0.2, -0.15) is 0 Å². The van der Waals surface area contributed by atoms with Crippen LogP contribution in [-0.4, -0.2) is 12.9 Å². The van der Waals surface area contributed by atoms with E-state index in [1.54, 1.807) is 0 Å². The van der Waals surface area contributed by atoms with Gasteiger partial charge in [-0.15, -0.1) is 11.6 Å². The molecule has 2 heteroatoms. The summed E-state index contributed by atoms with van der Waals surface area (Å²) in [6, 6.07) is 1.34. The number of hydrogen-bond donors (Lipinski definition) is 0. The fraction of sp³-hybridized carbons (Fsp3) is 1.00. The Morgan fingerprint density at radius 1 is 1.20 bits per heavy atom. The zero-order chi connectivity index (χ0) is 8.41. The normalized spacial score (nSPS) is 13.8. The Bertz CT molecular complexity index is 82.8. The van der Waals surface area contributed by atoms with Crippen molar-refractivity contribution in [3.8, 4) is 0 Å². The summed E-state index contributed by atoms with van der Waals surface area (Å²) in [5.74, 6) is 0. The zero-order valence-electron chi connectivity index (χ0n) is 7.79. The van der Waals surface area contributed by atoms with Crippen LogP contribution >= 0.6 is 11.6 Å². The third-order valence-corrected chi connectivity index (χ3v) is 3.41. The summed E-state index contributed by atoms with van der Waals surface area (Å²) in [6.07, 6.45) is 1.16. The number of alkyl halides is 1. The molecule has 0 atom stereocenters. The molecule has 62 valence electrons. The molecule has 0 fully saturated rings. The van der Waals surface area contributed by atoms with Crippen molar-refractivity contribution in [3.05, 3.63) is 0 Å². The molecule has 0 aromatic rings. The molecule has 0 aliphatic heterocycles. The maximum absolute atomic E-state index is 6.06. The smallest absolute Gasteiger partial charge is 0.0443 e. The Hall–Kier alpha value is 0.507. The van der Waals surface area contributed by atoms with Crippen LogP contribution in [0.2, 0.25) is 25.7 Å². The molecule has 0 heterocycles. The van der Waals surface area contributed by atoms with Gasteiger partial charge in [0.05, 0.1) is 0 Å². The second kappa shape index (κ2) is 3.27. The molecule has 0 nitrogen and oxygen atoms in total. The van der Waals surface area contributed by atoms with E-state index in [9.17, 15) is 0 Å². The van der Waals surface area contributed by atoms with E-state index in [2.05, 4.69) is 33.5 Å². The molecular formula is C8H19ClSi. The van der Waals surface area contributed by atoms with E-state index in [4.69, 9.17) is 11.6 Å². The summed E-state index contributed by atoms with van der Waals surface area (Å²) in [5.41, 5.74) is 0. The van der Waals surface area contributed by atoms with Gasteiger partial charge < -0.3 is 0 Å². The summed E-state index contributed by atoms with van der Waals surface area (Å²) in [7, 11) is -0.851. The first-order valence-electron chi connectivity index (χ1n) is 3.90. The highest BCUT2D eigenvalue weighted by atomic mass is 35.5. The van der Waals surface area contributed by atoms with Crippen LogP contribution in [0.4, 0.5) is 0 Å².